The summed E-state index contributed by atoms with van der Waals surface area (Å²) in [5.41, 5.74) is 4.49. The second-order valence-corrected chi connectivity index (χ2v) is 7.68. The number of pyridine rings is 1. The Morgan fingerprint density at radius 2 is 1.85 bits per heavy atom. The molecule has 0 fully saturated rings. The molecule has 0 N–H and O–H groups in total. The van der Waals surface area contributed by atoms with Gasteiger partial charge in [-0.05, 0) is 44.2 Å². The van der Waals surface area contributed by atoms with E-state index in [-0.39, 0.29) is 5.91 Å². The van der Waals surface area contributed by atoms with Gasteiger partial charge in [0.05, 0.1) is 27.8 Å². The van der Waals surface area contributed by atoms with Gasteiger partial charge in [0, 0.05) is 18.1 Å². The van der Waals surface area contributed by atoms with Gasteiger partial charge in [0.15, 0.2) is 0 Å². The van der Waals surface area contributed by atoms with E-state index >= 15 is 0 Å². The number of aryl methyl sites for hydroxylation is 2. The zero-order chi connectivity index (χ0) is 18.3. The van der Waals surface area contributed by atoms with Crippen molar-refractivity contribution in [3.8, 4) is 0 Å². The molecule has 1 amide bonds. The molecule has 2 aromatic carbocycles. The van der Waals surface area contributed by atoms with E-state index in [0.717, 1.165) is 37.4 Å². The quantitative estimate of drug-likeness (QED) is 0.530. The Labute approximate surface area is 156 Å². The zero-order valence-corrected chi connectivity index (χ0v) is 15.8. The van der Waals surface area contributed by atoms with E-state index in [1.54, 1.807) is 16.2 Å². The molecule has 0 spiro atoms. The highest BCUT2D eigenvalue weighted by molar-refractivity contribution is 7.18. The van der Waals surface area contributed by atoms with Crippen LogP contribution in [-0.4, -0.2) is 27.8 Å². The van der Waals surface area contributed by atoms with Crippen LogP contribution in [0.1, 0.15) is 26.6 Å². The second kappa shape index (κ2) is 6.50. The van der Waals surface area contributed by atoms with Crippen LogP contribution in [-0.2, 0) is 6.54 Å². The van der Waals surface area contributed by atoms with E-state index in [4.69, 9.17) is 0 Å². The van der Waals surface area contributed by atoms with Crippen LogP contribution in [0, 0.1) is 13.8 Å². The van der Waals surface area contributed by atoms with Crippen LogP contribution in [0.15, 0.2) is 48.5 Å². The molecule has 2 heterocycles. The molecule has 0 saturated heterocycles. The fourth-order valence-corrected chi connectivity index (χ4v) is 4.14. The molecule has 0 bridgehead atoms. The molecule has 26 heavy (non-hydrogen) atoms. The number of hydrogen-bond acceptors (Lipinski definition) is 4. The third kappa shape index (κ3) is 3.06. The van der Waals surface area contributed by atoms with Crippen LogP contribution in [0.5, 0.6) is 0 Å². The van der Waals surface area contributed by atoms with Gasteiger partial charge in [0.1, 0.15) is 5.01 Å². The van der Waals surface area contributed by atoms with E-state index < -0.39 is 0 Å². The van der Waals surface area contributed by atoms with Crippen LogP contribution >= 0.6 is 11.3 Å². The number of carbonyl (C=O) groups excluding carboxylic acids is 1. The molecule has 0 aliphatic heterocycles. The lowest BCUT2D eigenvalue weighted by Crippen LogP contribution is -2.26. The third-order valence-electron chi connectivity index (χ3n) is 4.38. The lowest BCUT2D eigenvalue weighted by atomic mass is 10.0. The number of rotatable bonds is 3. The van der Waals surface area contributed by atoms with Crippen molar-refractivity contribution >= 4 is 38.4 Å². The Bertz CT molecular complexity index is 1100. The van der Waals surface area contributed by atoms with Gasteiger partial charge in [-0.1, -0.05) is 23.8 Å². The lowest BCUT2D eigenvalue weighted by molar-refractivity contribution is 0.0787. The Morgan fingerprint density at radius 3 is 2.65 bits per heavy atom. The number of thiazole rings is 1. The predicted octanol–water partition coefficient (Wildman–Crippen LogP) is 4.73. The summed E-state index contributed by atoms with van der Waals surface area (Å²) in [4.78, 5) is 24.0. The largest absolute Gasteiger partial charge is 0.335 e. The standard InChI is InChI=1S/C21H19N3OS/c1-13-8-9-17-15(10-13)16(11-14(2)22-17)21(25)24(3)12-20-23-18-6-4-5-7-19(18)26-20/h4-11H,12H2,1-3H3. The van der Waals surface area contributed by atoms with E-state index in [1.165, 1.54) is 0 Å². The molecule has 0 aliphatic carbocycles. The average molecular weight is 361 g/mol. The van der Waals surface area contributed by atoms with Gasteiger partial charge in [-0.15, -0.1) is 11.3 Å². The summed E-state index contributed by atoms with van der Waals surface area (Å²) >= 11 is 1.63. The first-order chi connectivity index (χ1) is 12.5. The molecular weight excluding hydrogens is 342 g/mol. The Morgan fingerprint density at radius 1 is 1.04 bits per heavy atom. The van der Waals surface area contributed by atoms with Crippen molar-refractivity contribution in [2.45, 2.75) is 20.4 Å². The number of benzene rings is 2. The van der Waals surface area contributed by atoms with Crippen molar-refractivity contribution in [2.75, 3.05) is 7.05 Å². The third-order valence-corrected chi connectivity index (χ3v) is 5.40. The molecule has 0 saturated carbocycles. The lowest BCUT2D eigenvalue weighted by Gasteiger charge is -2.17. The summed E-state index contributed by atoms with van der Waals surface area (Å²) in [7, 11) is 1.83. The maximum Gasteiger partial charge on any atom is 0.254 e. The predicted molar refractivity (Wildman–Crippen MR) is 107 cm³/mol. The van der Waals surface area contributed by atoms with Gasteiger partial charge < -0.3 is 4.90 Å². The van der Waals surface area contributed by atoms with Crippen molar-refractivity contribution in [1.82, 2.24) is 14.9 Å². The minimum Gasteiger partial charge on any atom is -0.335 e. The number of para-hydroxylation sites is 1. The Kier molecular flexibility index (Phi) is 4.17. The fourth-order valence-electron chi connectivity index (χ4n) is 3.12. The smallest absolute Gasteiger partial charge is 0.254 e. The van der Waals surface area contributed by atoms with Crippen molar-refractivity contribution in [2.24, 2.45) is 0 Å². The van der Waals surface area contributed by atoms with Crippen molar-refractivity contribution in [3.63, 3.8) is 0 Å². The molecule has 130 valence electrons. The first-order valence-corrected chi connectivity index (χ1v) is 9.31. The molecule has 2 aromatic heterocycles. The second-order valence-electron chi connectivity index (χ2n) is 6.57. The molecule has 4 nitrogen and oxygen atoms in total. The van der Waals surface area contributed by atoms with E-state index in [9.17, 15) is 4.79 Å². The molecule has 0 atom stereocenters. The van der Waals surface area contributed by atoms with Crippen molar-refractivity contribution in [1.29, 1.82) is 0 Å². The van der Waals surface area contributed by atoms with Crippen LogP contribution in [0.2, 0.25) is 0 Å². The molecule has 0 radical (unpaired) electrons. The molecule has 0 aliphatic rings. The summed E-state index contributed by atoms with van der Waals surface area (Å²) in [5.74, 6) is -0.00893. The Balaban J connectivity index is 1.68. The van der Waals surface area contributed by atoms with Crippen LogP contribution < -0.4 is 0 Å². The van der Waals surface area contributed by atoms with E-state index in [0.29, 0.717) is 12.1 Å². The highest BCUT2D eigenvalue weighted by atomic mass is 32.1. The molecule has 5 heteroatoms. The number of amides is 1. The van der Waals surface area contributed by atoms with Gasteiger partial charge in [-0.3, -0.25) is 9.78 Å². The minimum atomic E-state index is -0.00893. The van der Waals surface area contributed by atoms with Crippen LogP contribution in [0.25, 0.3) is 21.1 Å². The number of fused-ring (bicyclic) bond motifs is 2. The molecule has 4 aromatic rings. The first kappa shape index (κ1) is 16.7. The van der Waals surface area contributed by atoms with E-state index in [1.807, 2.05) is 63.4 Å². The highest BCUT2D eigenvalue weighted by Gasteiger charge is 2.18. The molecule has 4 rings (SSSR count). The maximum atomic E-state index is 13.1. The normalized spacial score (nSPS) is 11.2. The summed E-state index contributed by atoms with van der Waals surface area (Å²) in [6.07, 6.45) is 0. The number of carbonyl (C=O) groups is 1. The maximum absolute atomic E-state index is 13.1. The summed E-state index contributed by atoms with van der Waals surface area (Å²) < 4.78 is 1.14. The molecule has 0 unspecified atom stereocenters. The minimum absolute atomic E-state index is 0.00893. The average Bonchev–Trinajstić information content (AvgIpc) is 3.03. The topological polar surface area (TPSA) is 46.1 Å². The van der Waals surface area contributed by atoms with Gasteiger partial charge >= 0.3 is 0 Å². The van der Waals surface area contributed by atoms with Crippen LogP contribution in [0.3, 0.4) is 0 Å². The number of nitrogens with zero attached hydrogens (tertiary/aromatic N) is 3. The first-order valence-electron chi connectivity index (χ1n) is 8.49. The summed E-state index contributed by atoms with van der Waals surface area (Å²) in [5, 5.41) is 1.84. The Hall–Kier alpha value is -2.79. The van der Waals surface area contributed by atoms with Crippen molar-refractivity contribution < 1.29 is 4.79 Å². The fraction of sp³-hybridized carbons (Fsp3) is 0.190. The number of aromatic nitrogens is 2. The summed E-state index contributed by atoms with van der Waals surface area (Å²) in [6.45, 7) is 4.44. The number of hydrogen-bond donors (Lipinski definition) is 0. The van der Waals surface area contributed by atoms with Gasteiger partial charge in [0.25, 0.3) is 5.91 Å². The molecular formula is C21H19N3OS. The van der Waals surface area contributed by atoms with Crippen molar-refractivity contribution in [3.05, 3.63) is 70.4 Å². The van der Waals surface area contributed by atoms with Gasteiger partial charge in [0.2, 0.25) is 0 Å². The highest BCUT2D eigenvalue weighted by Crippen LogP contribution is 2.25. The zero-order valence-electron chi connectivity index (χ0n) is 15.0. The van der Waals surface area contributed by atoms with E-state index in [2.05, 4.69) is 16.0 Å². The monoisotopic (exact) mass is 361 g/mol. The SMILES string of the molecule is Cc1ccc2nc(C)cc(C(=O)N(C)Cc3nc4ccccc4s3)c2c1. The van der Waals surface area contributed by atoms with Crippen LogP contribution in [0.4, 0.5) is 0 Å². The van der Waals surface area contributed by atoms with Gasteiger partial charge in [-0.25, -0.2) is 4.98 Å². The van der Waals surface area contributed by atoms with Gasteiger partial charge in [-0.2, -0.15) is 0 Å². The summed E-state index contributed by atoms with van der Waals surface area (Å²) in [6, 6.07) is 15.9.